The Bertz CT molecular complexity index is 234. The van der Waals surface area contributed by atoms with Gasteiger partial charge in [0.25, 0.3) is 0 Å². The van der Waals surface area contributed by atoms with Gasteiger partial charge in [-0.15, -0.1) is 0 Å². The first-order valence-corrected chi connectivity index (χ1v) is 3.12. The predicted octanol–water partition coefficient (Wildman–Crippen LogP) is -6.78. The summed E-state index contributed by atoms with van der Waals surface area (Å²) in [4.78, 5) is 40.3. The van der Waals surface area contributed by atoms with Crippen LogP contribution in [0.25, 0.3) is 0 Å². The largest absolute Gasteiger partial charge is 0.549 e. The number of carboxylic acids is 4. The van der Waals surface area contributed by atoms with Gasteiger partial charge in [-0.2, -0.15) is 0 Å². The molecule has 0 aromatic rings. The second-order valence-corrected chi connectivity index (χ2v) is 2.23. The minimum absolute atomic E-state index is 2.40. The van der Waals surface area contributed by atoms with Crippen molar-refractivity contribution in [3.63, 3.8) is 0 Å². The van der Waals surface area contributed by atoms with Gasteiger partial charge in [-0.3, -0.25) is 0 Å². The maximum Gasteiger partial charge on any atom is 0.0515 e. The molecular formula is C6H2O8-4. The zero-order valence-corrected chi connectivity index (χ0v) is 6.42. The molecule has 0 heterocycles. The standard InChI is InChI=1S/C6H6O8/c7-3(8)1(4(9)10)2(5(11)12)6(13)14/h1-2H,(H,7,8)(H,9,10)(H,11,12)(H,13,14)/p-4. The molecule has 0 saturated carbocycles. The summed E-state index contributed by atoms with van der Waals surface area (Å²) >= 11 is 0. The number of carboxylic acid groups (broad SMARTS) is 4. The quantitative estimate of drug-likeness (QED) is 0.397. The second kappa shape index (κ2) is 4.21. The smallest absolute Gasteiger partial charge is 0.0515 e. The van der Waals surface area contributed by atoms with Crippen LogP contribution in [-0.2, 0) is 19.2 Å². The van der Waals surface area contributed by atoms with Crippen LogP contribution < -0.4 is 20.4 Å². The van der Waals surface area contributed by atoms with Crippen molar-refractivity contribution in [3.8, 4) is 0 Å². The van der Waals surface area contributed by atoms with Crippen LogP contribution in [0.1, 0.15) is 0 Å². The van der Waals surface area contributed by atoms with Crippen molar-refractivity contribution in [2.45, 2.75) is 0 Å². The minimum Gasteiger partial charge on any atom is -0.549 e. The van der Waals surface area contributed by atoms with E-state index in [1.54, 1.807) is 0 Å². The Balaban J connectivity index is 5.13. The summed E-state index contributed by atoms with van der Waals surface area (Å²) in [6, 6.07) is 0. The lowest BCUT2D eigenvalue weighted by atomic mass is 9.93. The molecule has 78 valence electrons. The maximum atomic E-state index is 10.1. The van der Waals surface area contributed by atoms with E-state index in [-0.39, 0.29) is 0 Å². The Hall–Kier alpha value is -2.12. The Morgan fingerprint density at radius 1 is 0.571 bits per heavy atom. The van der Waals surface area contributed by atoms with Gasteiger partial charge < -0.3 is 39.6 Å². The molecule has 0 unspecified atom stereocenters. The number of aliphatic carboxylic acids is 4. The Kier molecular flexibility index (Phi) is 3.57. The van der Waals surface area contributed by atoms with Gasteiger partial charge in [-0.05, 0) is 0 Å². The van der Waals surface area contributed by atoms with Gasteiger partial charge >= 0.3 is 0 Å². The molecule has 0 aromatic carbocycles. The first-order chi connectivity index (χ1) is 6.29. The van der Waals surface area contributed by atoms with Crippen LogP contribution in [0.2, 0.25) is 0 Å². The molecule has 0 saturated heterocycles. The summed E-state index contributed by atoms with van der Waals surface area (Å²) in [5.41, 5.74) is 0. The van der Waals surface area contributed by atoms with E-state index in [9.17, 15) is 39.6 Å². The summed E-state index contributed by atoms with van der Waals surface area (Å²) in [5, 5.41) is 40.3. The summed E-state index contributed by atoms with van der Waals surface area (Å²) in [6.45, 7) is 0. The molecule has 0 amide bonds. The SMILES string of the molecule is O=C([O-])C(C(=O)[O-])C(C(=O)[O-])C(=O)[O-]. The highest BCUT2D eigenvalue weighted by Gasteiger charge is 2.26. The van der Waals surface area contributed by atoms with Crippen molar-refractivity contribution in [1.82, 2.24) is 0 Å². The van der Waals surface area contributed by atoms with Crippen LogP contribution in [0.4, 0.5) is 0 Å². The number of carbonyl (C=O) groups is 4. The Morgan fingerprint density at radius 3 is 0.786 bits per heavy atom. The molecule has 0 radical (unpaired) electrons. The lowest BCUT2D eigenvalue weighted by Gasteiger charge is -2.29. The maximum absolute atomic E-state index is 10.1. The Labute approximate surface area is 76.4 Å². The van der Waals surface area contributed by atoms with Gasteiger partial charge in [-0.25, -0.2) is 0 Å². The van der Waals surface area contributed by atoms with Crippen molar-refractivity contribution in [1.29, 1.82) is 0 Å². The molecule has 8 heteroatoms. The first-order valence-electron chi connectivity index (χ1n) is 3.12. The van der Waals surface area contributed by atoms with E-state index in [2.05, 4.69) is 0 Å². The molecule has 8 nitrogen and oxygen atoms in total. The molecule has 14 heavy (non-hydrogen) atoms. The van der Waals surface area contributed by atoms with Gasteiger partial charge in [0.1, 0.15) is 0 Å². The van der Waals surface area contributed by atoms with Gasteiger partial charge in [0.15, 0.2) is 0 Å². The number of hydrogen-bond donors (Lipinski definition) is 0. The number of hydrogen-bond acceptors (Lipinski definition) is 8. The van der Waals surface area contributed by atoms with Crippen LogP contribution in [0.15, 0.2) is 0 Å². The molecule has 0 atom stereocenters. The number of carbonyl (C=O) groups excluding carboxylic acids is 4. The van der Waals surface area contributed by atoms with Crippen LogP contribution in [0.5, 0.6) is 0 Å². The van der Waals surface area contributed by atoms with E-state index >= 15 is 0 Å². The van der Waals surface area contributed by atoms with E-state index in [0.29, 0.717) is 0 Å². The first kappa shape index (κ1) is 11.9. The van der Waals surface area contributed by atoms with Gasteiger partial charge in [0.05, 0.1) is 35.7 Å². The van der Waals surface area contributed by atoms with Crippen molar-refractivity contribution in [2.24, 2.45) is 11.8 Å². The van der Waals surface area contributed by atoms with Crippen molar-refractivity contribution < 1.29 is 39.6 Å². The number of rotatable bonds is 5. The third-order valence-corrected chi connectivity index (χ3v) is 1.35. The van der Waals surface area contributed by atoms with Crippen molar-refractivity contribution in [3.05, 3.63) is 0 Å². The minimum atomic E-state index is -2.84. The topological polar surface area (TPSA) is 161 Å². The zero-order chi connectivity index (χ0) is 11.5. The normalized spacial score (nSPS) is 10.1. The monoisotopic (exact) mass is 202 g/mol. The summed E-state index contributed by atoms with van der Waals surface area (Å²) in [7, 11) is 0. The van der Waals surface area contributed by atoms with Gasteiger partial charge in [0.2, 0.25) is 0 Å². The summed E-state index contributed by atoms with van der Waals surface area (Å²) < 4.78 is 0. The van der Waals surface area contributed by atoms with Crippen LogP contribution in [-0.4, -0.2) is 23.9 Å². The highest BCUT2D eigenvalue weighted by Crippen LogP contribution is 2.09. The fourth-order valence-corrected chi connectivity index (χ4v) is 0.737. The molecule has 0 spiro atoms. The third-order valence-electron chi connectivity index (χ3n) is 1.35. The molecule has 0 bridgehead atoms. The lowest BCUT2D eigenvalue weighted by molar-refractivity contribution is -0.354. The van der Waals surface area contributed by atoms with E-state index in [1.165, 1.54) is 0 Å². The summed E-state index contributed by atoms with van der Waals surface area (Å²) in [6.07, 6.45) is 0. The Morgan fingerprint density at radius 2 is 0.714 bits per heavy atom. The van der Waals surface area contributed by atoms with Crippen LogP contribution in [0, 0.1) is 11.8 Å². The second-order valence-electron chi connectivity index (χ2n) is 2.23. The van der Waals surface area contributed by atoms with Crippen LogP contribution >= 0.6 is 0 Å². The van der Waals surface area contributed by atoms with Crippen LogP contribution in [0.3, 0.4) is 0 Å². The molecule has 0 N–H and O–H groups in total. The molecule has 0 rings (SSSR count). The van der Waals surface area contributed by atoms with Gasteiger partial charge in [-0.1, -0.05) is 0 Å². The van der Waals surface area contributed by atoms with Crippen molar-refractivity contribution in [2.75, 3.05) is 0 Å². The fraction of sp³-hybridized carbons (Fsp3) is 0.333. The summed E-state index contributed by atoms with van der Waals surface area (Å²) in [5.74, 6) is -15.3. The molecule has 0 aliphatic heterocycles. The highest BCUT2D eigenvalue weighted by atomic mass is 16.4. The zero-order valence-electron chi connectivity index (χ0n) is 6.42. The van der Waals surface area contributed by atoms with E-state index in [1.807, 2.05) is 0 Å². The van der Waals surface area contributed by atoms with E-state index < -0.39 is 35.7 Å². The highest BCUT2D eigenvalue weighted by molar-refractivity contribution is 6.03. The average molecular weight is 202 g/mol. The fourth-order valence-electron chi connectivity index (χ4n) is 0.737. The molecule has 0 aliphatic rings. The average Bonchev–Trinajstić information content (AvgIpc) is 1.96. The molecule has 0 aliphatic carbocycles. The lowest BCUT2D eigenvalue weighted by Crippen LogP contribution is -2.57. The van der Waals surface area contributed by atoms with Crippen molar-refractivity contribution >= 4 is 23.9 Å². The predicted molar refractivity (Wildman–Crippen MR) is 27.0 cm³/mol. The van der Waals surface area contributed by atoms with E-state index in [4.69, 9.17) is 0 Å². The molecule has 0 aromatic heterocycles. The molecular weight excluding hydrogens is 200 g/mol. The van der Waals surface area contributed by atoms with E-state index in [0.717, 1.165) is 0 Å². The third kappa shape index (κ3) is 2.44. The van der Waals surface area contributed by atoms with Gasteiger partial charge in [0, 0.05) is 0 Å². The molecule has 0 fully saturated rings.